The Balaban J connectivity index is 0.000000157. The van der Waals surface area contributed by atoms with Gasteiger partial charge in [-0.1, -0.05) is 76.1 Å². The lowest BCUT2D eigenvalue weighted by Crippen LogP contribution is -2.40. The van der Waals surface area contributed by atoms with Crippen LogP contribution in [0.15, 0.2) is 89.4 Å². The molecule has 4 aromatic rings. The fraction of sp³-hybridized carbons (Fsp3) is 0.350. The second kappa shape index (κ2) is 15.1. The summed E-state index contributed by atoms with van der Waals surface area (Å²) in [6, 6.07) is 33.0. The summed E-state index contributed by atoms with van der Waals surface area (Å²) in [7, 11) is 0. The molecule has 0 amide bonds. The van der Waals surface area contributed by atoms with E-state index in [9.17, 15) is 10.5 Å². The van der Waals surface area contributed by atoms with E-state index in [-0.39, 0.29) is 36.4 Å². The van der Waals surface area contributed by atoms with Gasteiger partial charge in [0.15, 0.2) is 0 Å². The van der Waals surface area contributed by atoms with E-state index in [1.54, 1.807) is 24.3 Å². The molecule has 2 unspecified atom stereocenters. The van der Waals surface area contributed by atoms with Crippen molar-refractivity contribution in [3.63, 3.8) is 0 Å². The monoisotopic (exact) mass is 750 g/mol. The van der Waals surface area contributed by atoms with Crippen LogP contribution >= 0.6 is 27.5 Å². The normalized spacial score (nSPS) is 25.6. The lowest BCUT2D eigenvalue weighted by molar-refractivity contribution is 0.0930. The lowest BCUT2D eigenvalue weighted by atomic mass is 10.1. The molecule has 2 heterocycles. The van der Waals surface area contributed by atoms with Gasteiger partial charge in [-0.05, 0) is 84.3 Å². The van der Waals surface area contributed by atoms with Crippen molar-refractivity contribution in [2.45, 2.75) is 62.1 Å². The van der Waals surface area contributed by atoms with E-state index in [1.165, 1.54) is 22.3 Å². The van der Waals surface area contributed by atoms with Crippen LogP contribution in [0.5, 0.6) is 11.5 Å². The van der Waals surface area contributed by atoms with Crippen LogP contribution < -0.4 is 20.9 Å². The van der Waals surface area contributed by atoms with Gasteiger partial charge in [-0.2, -0.15) is 10.5 Å². The fourth-order valence-electron chi connectivity index (χ4n) is 7.89. The van der Waals surface area contributed by atoms with Gasteiger partial charge < -0.3 is 20.9 Å². The number of ether oxygens (including phenoxy) is 2. The zero-order valence-electron chi connectivity index (χ0n) is 27.7. The molecule has 10 heteroatoms. The van der Waals surface area contributed by atoms with Crippen molar-refractivity contribution < 1.29 is 9.47 Å². The summed E-state index contributed by atoms with van der Waals surface area (Å²) >= 11 is 9.43. The molecule has 50 heavy (non-hydrogen) atoms. The van der Waals surface area contributed by atoms with Gasteiger partial charge in [0.05, 0.1) is 23.2 Å². The Kier molecular flexibility index (Phi) is 10.4. The van der Waals surface area contributed by atoms with Crippen molar-refractivity contribution in [3.8, 4) is 23.6 Å². The molecule has 2 aliphatic heterocycles. The Hall–Kier alpha value is -3.93. The van der Waals surface area contributed by atoms with E-state index in [1.807, 2.05) is 18.2 Å². The van der Waals surface area contributed by atoms with Gasteiger partial charge in [0, 0.05) is 47.8 Å². The Bertz CT molecular complexity index is 1800. The zero-order valence-corrected chi connectivity index (χ0v) is 30.1. The van der Waals surface area contributed by atoms with E-state index in [4.69, 9.17) is 32.5 Å². The first kappa shape index (κ1) is 34.5. The van der Waals surface area contributed by atoms with Crippen molar-refractivity contribution in [2.24, 2.45) is 11.5 Å². The van der Waals surface area contributed by atoms with Gasteiger partial charge in [-0.15, -0.1) is 0 Å². The highest BCUT2D eigenvalue weighted by molar-refractivity contribution is 9.10. The first-order valence-corrected chi connectivity index (χ1v) is 18.4. The number of hydrogen-bond acceptors (Lipinski definition) is 8. The molecular formula is C40H40BrClN6O2. The van der Waals surface area contributed by atoms with Crippen molar-refractivity contribution in [2.75, 3.05) is 26.2 Å². The average molecular weight is 752 g/mol. The van der Waals surface area contributed by atoms with Gasteiger partial charge >= 0.3 is 0 Å². The predicted molar refractivity (Wildman–Crippen MR) is 198 cm³/mol. The molecule has 4 aromatic carbocycles. The van der Waals surface area contributed by atoms with Crippen LogP contribution in [-0.4, -0.2) is 60.1 Å². The first-order chi connectivity index (χ1) is 24.3. The van der Waals surface area contributed by atoms with Crippen molar-refractivity contribution in [3.05, 3.63) is 128 Å². The SMILES string of the molecule is N#Cc1cc(Br)ccc1OC1c2ccccc2CC1N1CC[C@H](N)C1.N#Cc1cc(Cl)ccc1O[C@@H]1c2ccccc2C[C@H]1N1CC[C@H](N)C1. The zero-order chi connectivity index (χ0) is 34.8. The molecule has 8 nitrogen and oxygen atoms in total. The molecule has 0 bridgehead atoms. The maximum Gasteiger partial charge on any atom is 0.140 e. The molecule has 0 spiro atoms. The molecule has 2 aliphatic carbocycles. The maximum absolute atomic E-state index is 9.45. The second-order valence-corrected chi connectivity index (χ2v) is 15.0. The first-order valence-electron chi connectivity index (χ1n) is 17.2. The van der Waals surface area contributed by atoms with Gasteiger partial charge in [-0.25, -0.2) is 0 Å². The molecule has 0 saturated carbocycles. The third-order valence-electron chi connectivity index (χ3n) is 10.4. The summed E-state index contributed by atoms with van der Waals surface area (Å²) in [6.07, 6.45) is 3.78. The molecule has 2 saturated heterocycles. The van der Waals surface area contributed by atoms with Gasteiger partial charge in [0.25, 0.3) is 0 Å². The average Bonchev–Trinajstić information content (AvgIpc) is 3.92. The standard InChI is InChI=1S/C20H20BrN3O.C20H20ClN3O/c2*21-15-5-6-19(14(9-15)11-22)25-20-17-4-2-1-3-13(17)10-18(20)24-8-7-16(23)12-24/h2*1-6,9,16,18,20H,7-8,10,12,23H2/t16-,18?,20?;16-,18+,20+/m00/s1. The number of benzene rings is 4. The van der Waals surface area contributed by atoms with Crippen LogP contribution in [0.3, 0.4) is 0 Å². The summed E-state index contributed by atoms with van der Waals surface area (Å²) in [5.74, 6) is 1.22. The van der Waals surface area contributed by atoms with Gasteiger partial charge in [0.2, 0.25) is 0 Å². The number of nitrogens with two attached hydrogens (primary N) is 2. The lowest BCUT2D eigenvalue weighted by Gasteiger charge is -2.30. The maximum atomic E-state index is 9.45. The smallest absolute Gasteiger partial charge is 0.140 e. The van der Waals surface area contributed by atoms with Gasteiger partial charge in [0.1, 0.15) is 35.8 Å². The summed E-state index contributed by atoms with van der Waals surface area (Å²) in [6.45, 7) is 3.80. The molecule has 0 radical (unpaired) electrons. The van der Waals surface area contributed by atoms with E-state index >= 15 is 0 Å². The number of likely N-dealkylation sites (tertiary alicyclic amines) is 2. The van der Waals surface area contributed by atoms with Crippen LogP contribution in [0.1, 0.15) is 58.4 Å². The predicted octanol–water partition coefficient (Wildman–Crippen LogP) is 6.69. The minimum atomic E-state index is -0.102. The van der Waals surface area contributed by atoms with Crippen molar-refractivity contribution >= 4 is 27.5 Å². The summed E-state index contributed by atoms with van der Waals surface area (Å²) in [5, 5.41) is 19.4. The van der Waals surface area contributed by atoms with Crippen LogP contribution in [0, 0.1) is 22.7 Å². The summed E-state index contributed by atoms with van der Waals surface area (Å²) in [5.41, 5.74) is 18.3. The molecule has 4 aliphatic rings. The molecule has 4 N–H and O–H groups in total. The van der Waals surface area contributed by atoms with E-state index in [0.29, 0.717) is 27.6 Å². The molecule has 8 rings (SSSR count). The minimum absolute atomic E-state index is 0.0743. The Morgan fingerprint density at radius 3 is 1.64 bits per heavy atom. The highest BCUT2D eigenvalue weighted by Crippen LogP contribution is 2.41. The van der Waals surface area contributed by atoms with Crippen LogP contribution in [0.4, 0.5) is 0 Å². The van der Waals surface area contributed by atoms with Gasteiger partial charge in [-0.3, -0.25) is 9.80 Å². The molecular weight excluding hydrogens is 712 g/mol. The highest BCUT2D eigenvalue weighted by atomic mass is 79.9. The largest absolute Gasteiger partial charge is 0.483 e. The van der Waals surface area contributed by atoms with Crippen LogP contribution in [0.2, 0.25) is 5.02 Å². The third kappa shape index (κ3) is 7.27. The summed E-state index contributed by atoms with van der Waals surface area (Å²) < 4.78 is 13.7. The van der Waals surface area contributed by atoms with Crippen LogP contribution in [0.25, 0.3) is 0 Å². The number of halogens is 2. The Morgan fingerprint density at radius 1 is 0.680 bits per heavy atom. The topological polar surface area (TPSA) is 125 Å². The molecule has 6 atom stereocenters. The minimum Gasteiger partial charge on any atom is -0.483 e. The van der Waals surface area contributed by atoms with Crippen LogP contribution in [-0.2, 0) is 12.8 Å². The van der Waals surface area contributed by atoms with Crippen molar-refractivity contribution in [1.82, 2.24) is 9.80 Å². The Labute approximate surface area is 307 Å². The van der Waals surface area contributed by atoms with E-state index in [2.05, 4.69) is 80.3 Å². The third-order valence-corrected chi connectivity index (χ3v) is 11.1. The van der Waals surface area contributed by atoms with Crippen molar-refractivity contribution in [1.29, 1.82) is 10.5 Å². The number of rotatable bonds is 6. The molecule has 256 valence electrons. The number of nitrogens with zero attached hydrogens (tertiary/aromatic N) is 4. The number of hydrogen-bond donors (Lipinski definition) is 2. The Morgan fingerprint density at radius 2 is 1.16 bits per heavy atom. The second-order valence-electron chi connectivity index (χ2n) is 13.6. The molecule has 2 fully saturated rings. The quantitative estimate of drug-likeness (QED) is 0.224. The van der Waals surface area contributed by atoms with E-state index in [0.717, 1.165) is 56.3 Å². The highest BCUT2D eigenvalue weighted by Gasteiger charge is 2.41. The molecule has 0 aromatic heterocycles. The number of nitriles is 2. The fourth-order valence-corrected chi connectivity index (χ4v) is 8.42. The summed E-state index contributed by atoms with van der Waals surface area (Å²) in [4.78, 5) is 4.87. The van der Waals surface area contributed by atoms with E-state index < -0.39 is 0 Å². The number of fused-ring (bicyclic) bond motifs is 2.